The highest BCUT2D eigenvalue weighted by Crippen LogP contribution is 2.43. The molecule has 0 aliphatic rings. The summed E-state index contributed by atoms with van der Waals surface area (Å²) in [6.07, 6.45) is 42.8. The number of nitrogens with two attached hydrogens (primary N) is 1. The molecule has 0 saturated carbocycles. The second kappa shape index (κ2) is 37.0. The number of rotatable bonds is 37. The van der Waals surface area contributed by atoms with Gasteiger partial charge in [0.2, 0.25) is 0 Å². The molecule has 0 radical (unpaired) electrons. The van der Waals surface area contributed by atoms with Crippen molar-refractivity contribution < 1.29 is 42.7 Å². The Morgan fingerprint density at radius 2 is 1.12 bits per heavy atom. The second-order valence-corrected chi connectivity index (χ2v) is 14.5. The van der Waals surface area contributed by atoms with Crippen molar-refractivity contribution in [1.29, 1.82) is 0 Å². The molecule has 0 aromatic rings. The van der Waals surface area contributed by atoms with Gasteiger partial charge in [0.25, 0.3) is 0 Å². The van der Waals surface area contributed by atoms with Gasteiger partial charge in [-0.2, -0.15) is 0 Å². The first-order valence-electron chi connectivity index (χ1n) is 19.8. The van der Waals surface area contributed by atoms with Crippen LogP contribution in [0.25, 0.3) is 0 Å². The smallest absolute Gasteiger partial charge is 0.472 e. The highest BCUT2D eigenvalue weighted by molar-refractivity contribution is 7.47. The lowest BCUT2D eigenvalue weighted by molar-refractivity contribution is -0.154. The Bertz CT molecular complexity index is 1060. The molecular formula is C41H72NO9P. The molecule has 0 aliphatic heterocycles. The molecule has 300 valence electrons. The van der Waals surface area contributed by atoms with Crippen LogP contribution in [-0.4, -0.2) is 60.5 Å². The fourth-order valence-electron chi connectivity index (χ4n) is 4.94. The maximum atomic E-state index is 12.6. The Hall–Kier alpha value is -2.33. The Morgan fingerprint density at radius 1 is 0.635 bits per heavy atom. The van der Waals surface area contributed by atoms with E-state index in [2.05, 4.69) is 79.1 Å². The summed E-state index contributed by atoms with van der Waals surface area (Å²) in [5.74, 6) is -1.83. The topological polar surface area (TPSA) is 155 Å². The summed E-state index contributed by atoms with van der Waals surface area (Å²) in [5, 5.41) is 8.87. The predicted octanol–water partition coefficient (Wildman–Crippen LogP) is 10.5. The molecule has 10 nitrogen and oxygen atoms in total. The number of carboxylic acids is 1. The van der Waals surface area contributed by atoms with Crippen LogP contribution in [0.1, 0.15) is 149 Å². The number of phosphoric acid groups is 1. The first-order chi connectivity index (χ1) is 25.2. The molecule has 52 heavy (non-hydrogen) atoms. The van der Waals surface area contributed by atoms with Gasteiger partial charge in [-0.3, -0.25) is 18.6 Å². The van der Waals surface area contributed by atoms with Crippen molar-refractivity contribution in [3.05, 3.63) is 60.8 Å². The lowest BCUT2D eigenvalue weighted by Gasteiger charge is -2.20. The van der Waals surface area contributed by atoms with E-state index in [4.69, 9.17) is 24.8 Å². The number of carboxylic acid groups (broad SMARTS) is 1. The quantitative estimate of drug-likeness (QED) is 0.0242. The van der Waals surface area contributed by atoms with Crippen LogP contribution in [0.15, 0.2) is 60.8 Å². The molecule has 4 N–H and O–H groups in total. The summed E-state index contributed by atoms with van der Waals surface area (Å²) >= 11 is 0. The Kier molecular flexibility index (Phi) is 35.3. The Morgan fingerprint density at radius 3 is 1.69 bits per heavy atom. The van der Waals surface area contributed by atoms with E-state index in [1.54, 1.807) is 0 Å². The van der Waals surface area contributed by atoms with Crippen molar-refractivity contribution >= 4 is 19.8 Å². The summed E-state index contributed by atoms with van der Waals surface area (Å²) in [7, 11) is -4.63. The lowest BCUT2D eigenvalue weighted by atomic mass is 10.1. The van der Waals surface area contributed by atoms with Crippen LogP contribution in [-0.2, 0) is 32.7 Å². The van der Waals surface area contributed by atoms with Crippen LogP contribution in [0.2, 0.25) is 0 Å². The molecule has 0 aromatic carbocycles. The minimum Gasteiger partial charge on any atom is -0.480 e. The van der Waals surface area contributed by atoms with Crippen LogP contribution in [0.5, 0.6) is 0 Å². The summed E-state index contributed by atoms with van der Waals surface area (Å²) in [4.78, 5) is 33.4. The number of unbranched alkanes of at least 4 members (excludes halogenated alkanes) is 13. The third kappa shape index (κ3) is 36.0. The van der Waals surface area contributed by atoms with Gasteiger partial charge in [0.1, 0.15) is 12.1 Å². The summed E-state index contributed by atoms with van der Waals surface area (Å²) in [5.41, 5.74) is 5.34. The van der Waals surface area contributed by atoms with Crippen LogP contribution >= 0.6 is 7.82 Å². The third-order valence-corrected chi connectivity index (χ3v) is 8.98. The maximum absolute atomic E-state index is 12.6. The molecule has 0 aromatic heterocycles. The van der Waals surface area contributed by atoms with E-state index in [1.807, 2.05) is 0 Å². The fourth-order valence-corrected chi connectivity index (χ4v) is 5.72. The monoisotopic (exact) mass is 753 g/mol. The largest absolute Gasteiger partial charge is 0.480 e. The highest BCUT2D eigenvalue weighted by Gasteiger charge is 2.27. The van der Waals surface area contributed by atoms with Gasteiger partial charge in [0.15, 0.2) is 0 Å². The summed E-state index contributed by atoms with van der Waals surface area (Å²) in [6.45, 7) is 3.67. The van der Waals surface area contributed by atoms with Gasteiger partial charge in [-0.05, 0) is 77.0 Å². The van der Waals surface area contributed by atoms with Gasteiger partial charge in [-0.15, -0.1) is 0 Å². The molecule has 0 rings (SSSR count). The molecule has 0 heterocycles. The van der Waals surface area contributed by atoms with Crippen LogP contribution in [0.4, 0.5) is 0 Å². The normalized spacial score (nSPS) is 14.7. The SMILES string of the molecule is CC/C=C\C/C=C\C/C=C\C/C=C\CCCCC(=O)OC(COCCCCCCCC/C=C\CCCCCCC)COP(=O)(O)OCC(N)C(=O)O. The fraction of sp³-hybridized carbons (Fsp3) is 0.707. The van der Waals surface area contributed by atoms with Crippen molar-refractivity contribution in [1.82, 2.24) is 0 Å². The molecule has 0 saturated heterocycles. The highest BCUT2D eigenvalue weighted by atomic mass is 31.2. The molecule has 0 amide bonds. The number of carbonyl (C=O) groups excluding carboxylic acids is 1. The van der Waals surface area contributed by atoms with E-state index in [9.17, 15) is 19.0 Å². The average molecular weight is 754 g/mol. The Labute approximate surface area is 315 Å². The second-order valence-electron chi connectivity index (χ2n) is 13.0. The predicted molar refractivity (Wildman–Crippen MR) is 212 cm³/mol. The van der Waals surface area contributed by atoms with Crippen molar-refractivity contribution in [2.45, 2.75) is 161 Å². The van der Waals surface area contributed by atoms with Gasteiger partial charge < -0.3 is 25.2 Å². The van der Waals surface area contributed by atoms with E-state index in [0.717, 1.165) is 64.2 Å². The number of esters is 1. The lowest BCUT2D eigenvalue weighted by Crippen LogP contribution is -2.34. The number of hydrogen-bond donors (Lipinski definition) is 3. The molecule has 3 unspecified atom stereocenters. The Balaban J connectivity index is 4.39. The number of allylic oxidation sites excluding steroid dienone is 10. The summed E-state index contributed by atoms with van der Waals surface area (Å²) in [6, 6.07) is -1.48. The number of ether oxygens (including phenoxy) is 2. The number of carbonyl (C=O) groups is 2. The van der Waals surface area contributed by atoms with Crippen molar-refractivity contribution in [3.63, 3.8) is 0 Å². The first kappa shape index (κ1) is 49.7. The van der Waals surface area contributed by atoms with Crippen LogP contribution < -0.4 is 5.73 Å². The van der Waals surface area contributed by atoms with Gasteiger partial charge >= 0.3 is 19.8 Å². The zero-order valence-corrected chi connectivity index (χ0v) is 33.3. The van der Waals surface area contributed by atoms with Crippen LogP contribution in [0, 0.1) is 0 Å². The zero-order chi connectivity index (χ0) is 38.4. The van der Waals surface area contributed by atoms with E-state index in [1.165, 1.54) is 57.8 Å². The molecule has 11 heteroatoms. The van der Waals surface area contributed by atoms with E-state index < -0.39 is 45.1 Å². The molecule has 0 spiro atoms. The molecule has 0 fully saturated rings. The molecular weight excluding hydrogens is 681 g/mol. The maximum Gasteiger partial charge on any atom is 0.472 e. The first-order valence-corrected chi connectivity index (χ1v) is 21.3. The van der Waals surface area contributed by atoms with E-state index in [-0.39, 0.29) is 13.0 Å². The number of hydrogen-bond acceptors (Lipinski definition) is 8. The minimum atomic E-state index is -4.63. The van der Waals surface area contributed by atoms with E-state index >= 15 is 0 Å². The minimum absolute atomic E-state index is 0.00668. The molecule has 0 aliphatic carbocycles. The zero-order valence-electron chi connectivity index (χ0n) is 32.4. The average Bonchev–Trinajstić information content (AvgIpc) is 3.12. The van der Waals surface area contributed by atoms with Crippen molar-refractivity contribution in [2.75, 3.05) is 26.4 Å². The van der Waals surface area contributed by atoms with Gasteiger partial charge in [0, 0.05) is 13.0 Å². The van der Waals surface area contributed by atoms with Gasteiger partial charge in [-0.1, -0.05) is 126 Å². The van der Waals surface area contributed by atoms with E-state index in [0.29, 0.717) is 13.0 Å². The van der Waals surface area contributed by atoms with Crippen LogP contribution in [0.3, 0.4) is 0 Å². The standard InChI is InChI=1S/C41H72NO9P/c1-3-5-7-9-11-13-15-17-19-21-23-25-27-29-31-33-40(43)51-38(36-49-52(46,47)50-37-39(42)41(44)45)35-48-34-32-30-28-26-24-22-20-18-16-14-12-10-8-6-4-2/h5,7,11,13,16-19,23,25,38-39H,3-4,6,8-10,12,14-15,20-22,24,26-37,42H2,1-2H3,(H,44,45)(H,46,47)/b7-5-,13-11-,18-16-,19-17-,25-23-. The molecule has 0 bridgehead atoms. The van der Waals surface area contributed by atoms with Gasteiger partial charge in [0.05, 0.1) is 19.8 Å². The van der Waals surface area contributed by atoms with Gasteiger partial charge in [-0.25, -0.2) is 4.57 Å². The molecule has 3 atom stereocenters. The third-order valence-electron chi connectivity index (χ3n) is 8.03. The summed E-state index contributed by atoms with van der Waals surface area (Å²) < 4.78 is 33.2. The van der Waals surface area contributed by atoms with Crippen molar-refractivity contribution in [3.8, 4) is 0 Å². The van der Waals surface area contributed by atoms with Crippen molar-refractivity contribution in [2.24, 2.45) is 5.73 Å². The number of aliphatic carboxylic acids is 1. The number of phosphoric ester groups is 1.